The topological polar surface area (TPSA) is 31.6 Å². The Hall–Kier alpha value is -4.12. The lowest BCUT2D eigenvalue weighted by atomic mass is 9.60. The fourth-order valence-electron chi connectivity index (χ4n) is 7.57. The number of allylic oxidation sites excluding steroid dienone is 5. The normalized spacial score (nSPS) is 21.8. The number of para-hydroxylation sites is 1. The van der Waals surface area contributed by atoms with Gasteiger partial charge < -0.3 is 13.7 Å². The van der Waals surface area contributed by atoms with Gasteiger partial charge in [-0.25, -0.2) is 0 Å². The van der Waals surface area contributed by atoms with E-state index in [4.69, 9.17) is 13.7 Å². The molecule has 0 bridgehead atoms. The maximum absolute atomic E-state index is 6.73. The molecule has 3 nitrogen and oxygen atoms in total. The lowest BCUT2D eigenvalue weighted by molar-refractivity contribution is 0.00578. The number of benzene rings is 4. The van der Waals surface area contributed by atoms with E-state index in [1.807, 2.05) is 12.1 Å². The molecule has 1 saturated heterocycles. The Morgan fingerprint density at radius 2 is 1.33 bits per heavy atom. The van der Waals surface area contributed by atoms with Crippen LogP contribution in [0.1, 0.15) is 56.9 Å². The van der Waals surface area contributed by atoms with E-state index in [1.165, 1.54) is 33.4 Å². The molecule has 4 heteroatoms. The van der Waals surface area contributed by atoms with Crippen molar-refractivity contribution in [3.05, 3.63) is 137 Å². The highest BCUT2D eigenvalue weighted by molar-refractivity contribution is 6.56. The van der Waals surface area contributed by atoms with Crippen LogP contribution in [0.2, 0.25) is 0 Å². The third-order valence-corrected chi connectivity index (χ3v) is 10.1. The summed E-state index contributed by atoms with van der Waals surface area (Å²) in [5.41, 5.74) is 10.8. The summed E-state index contributed by atoms with van der Waals surface area (Å²) in [6.07, 6.45) is 4.19. The van der Waals surface area contributed by atoms with Crippen molar-refractivity contribution in [3.8, 4) is 11.1 Å². The van der Waals surface area contributed by atoms with Crippen LogP contribution in [0.3, 0.4) is 0 Å². The Morgan fingerprint density at radius 3 is 2.02 bits per heavy atom. The Morgan fingerprint density at radius 1 is 0.714 bits per heavy atom. The van der Waals surface area contributed by atoms with Crippen LogP contribution in [0.15, 0.2) is 119 Å². The molecule has 206 valence electrons. The van der Waals surface area contributed by atoms with Gasteiger partial charge in [-0.05, 0) is 85.1 Å². The van der Waals surface area contributed by atoms with E-state index in [-0.39, 0.29) is 0 Å². The van der Waals surface area contributed by atoms with Gasteiger partial charge in [0.1, 0.15) is 11.2 Å². The minimum Gasteiger partial charge on any atom is -0.455 e. The van der Waals surface area contributed by atoms with Crippen molar-refractivity contribution in [3.63, 3.8) is 0 Å². The molecule has 0 N–H and O–H groups in total. The summed E-state index contributed by atoms with van der Waals surface area (Å²) >= 11 is 0. The average molecular weight is 548 g/mol. The second kappa shape index (κ2) is 8.47. The Bertz CT molecular complexity index is 2020. The first-order chi connectivity index (χ1) is 20.2. The third kappa shape index (κ3) is 2.99. The first kappa shape index (κ1) is 25.6. The highest BCUT2D eigenvalue weighted by Crippen LogP contribution is 2.65. The lowest BCUT2D eigenvalue weighted by Gasteiger charge is -2.34. The molecule has 1 unspecified atom stereocenters. The number of rotatable bonds is 3. The molecule has 1 aromatic heterocycles. The SMILES string of the molecule is C=CC1=C(/C(=C\C)B2OC(C)(C)C(C)(C)O2)C2(c3ccccc31)c1ccccc1-c1c2ccc2c1oc1ccccc12. The van der Waals surface area contributed by atoms with Crippen molar-refractivity contribution in [2.75, 3.05) is 0 Å². The van der Waals surface area contributed by atoms with E-state index in [0.29, 0.717) is 0 Å². The molecule has 1 fully saturated rings. The van der Waals surface area contributed by atoms with Gasteiger partial charge in [0, 0.05) is 16.3 Å². The predicted octanol–water partition coefficient (Wildman–Crippen LogP) is 9.43. The molecule has 2 aliphatic carbocycles. The molecule has 42 heavy (non-hydrogen) atoms. The van der Waals surface area contributed by atoms with Crippen LogP contribution < -0.4 is 0 Å². The van der Waals surface area contributed by atoms with Crippen LogP contribution in [-0.2, 0) is 14.7 Å². The number of furan rings is 1. The van der Waals surface area contributed by atoms with Gasteiger partial charge in [0.15, 0.2) is 0 Å². The molecular formula is C38H33BO3. The predicted molar refractivity (Wildman–Crippen MR) is 172 cm³/mol. The molecule has 1 aliphatic heterocycles. The van der Waals surface area contributed by atoms with E-state index in [1.54, 1.807) is 0 Å². The van der Waals surface area contributed by atoms with Gasteiger partial charge in [0.25, 0.3) is 0 Å². The molecule has 4 aromatic carbocycles. The van der Waals surface area contributed by atoms with Gasteiger partial charge in [-0.3, -0.25) is 0 Å². The smallest absolute Gasteiger partial charge is 0.455 e. The van der Waals surface area contributed by atoms with E-state index < -0.39 is 23.7 Å². The summed E-state index contributed by atoms with van der Waals surface area (Å²) < 4.78 is 20.1. The Labute approximate surface area is 247 Å². The summed E-state index contributed by atoms with van der Waals surface area (Å²) in [5, 5.41) is 2.27. The van der Waals surface area contributed by atoms with Crippen LogP contribution >= 0.6 is 0 Å². The van der Waals surface area contributed by atoms with Crippen LogP contribution in [0, 0.1) is 0 Å². The molecule has 3 aliphatic rings. The second-order valence-electron chi connectivity index (χ2n) is 12.6. The van der Waals surface area contributed by atoms with E-state index >= 15 is 0 Å². The summed E-state index contributed by atoms with van der Waals surface area (Å²) in [5.74, 6) is 0. The molecule has 1 spiro atoms. The second-order valence-corrected chi connectivity index (χ2v) is 12.6. The lowest BCUT2D eigenvalue weighted by Crippen LogP contribution is -2.41. The Balaban J connectivity index is 1.50. The summed E-state index contributed by atoms with van der Waals surface area (Å²) in [6.45, 7) is 14.9. The molecule has 0 amide bonds. The number of hydrogen-bond acceptors (Lipinski definition) is 3. The minimum absolute atomic E-state index is 0.467. The van der Waals surface area contributed by atoms with Gasteiger partial charge in [-0.1, -0.05) is 97.6 Å². The summed E-state index contributed by atoms with van der Waals surface area (Å²) in [6, 6.07) is 30.4. The number of hydrogen-bond donors (Lipinski definition) is 0. The summed E-state index contributed by atoms with van der Waals surface area (Å²) in [4.78, 5) is 0. The van der Waals surface area contributed by atoms with Crippen LogP contribution in [0.5, 0.6) is 0 Å². The maximum Gasteiger partial charge on any atom is 0.494 e. The first-order valence-corrected chi connectivity index (χ1v) is 14.8. The van der Waals surface area contributed by atoms with Crippen molar-refractivity contribution < 1.29 is 13.7 Å². The third-order valence-electron chi connectivity index (χ3n) is 10.1. The standard InChI is InChI=1S/C38H33BO3/c1-7-23-24-15-9-12-18-28(24)38(34(23)31(8-2)39-41-36(3,4)37(5,6)42-39)29-19-13-10-17-27(29)33-30(38)22-21-26-25-16-11-14-20-32(25)40-35(26)33/h7-22H,1H2,2-6H3/b31-8+. The maximum atomic E-state index is 6.73. The van der Waals surface area contributed by atoms with Crippen molar-refractivity contribution in [2.24, 2.45) is 0 Å². The largest absolute Gasteiger partial charge is 0.494 e. The van der Waals surface area contributed by atoms with Crippen LogP contribution in [-0.4, -0.2) is 18.3 Å². The van der Waals surface area contributed by atoms with Crippen molar-refractivity contribution >= 4 is 34.6 Å². The van der Waals surface area contributed by atoms with Gasteiger partial charge in [0.2, 0.25) is 0 Å². The highest BCUT2D eigenvalue weighted by Gasteiger charge is 2.59. The van der Waals surface area contributed by atoms with E-state index in [0.717, 1.165) is 38.5 Å². The van der Waals surface area contributed by atoms with Crippen LogP contribution in [0.4, 0.5) is 0 Å². The molecule has 0 radical (unpaired) electrons. The zero-order valence-electron chi connectivity index (χ0n) is 24.7. The minimum atomic E-state index is -0.593. The van der Waals surface area contributed by atoms with Gasteiger partial charge >= 0.3 is 7.12 Å². The molecule has 1 atom stereocenters. The van der Waals surface area contributed by atoms with Crippen molar-refractivity contribution in [2.45, 2.75) is 51.2 Å². The highest BCUT2D eigenvalue weighted by atomic mass is 16.7. The quantitative estimate of drug-likeness (QED) is 0.211. The molecule has 2 heterocycles. The molecule has 5 aromatic rings. The fraction of sp³-hybridized carbons (Fsp3) is 0.211. The molecule has 8 rings (SSSR count). The summed E-state index contributed by atoms with van der Waals surface area (Å²) in [7, 11) is -0.526. The molecule has 0 saturated carbocycles. The van der Waals surface area contributed by atoms with Crippen molar-refractivity contribution in [1.82, 2.24) is 0 Å². The first-order valence-electron chi connectivity index (χ1n) is 14.8. The zero-order chi connectivity index (χ0) is 29.0. The Kier molecular flexibility index (Phi) is 5.16. The number of fused-ring (bicyclic) bond motifs is 11. The fourth-order valence-corrected chi connectivity index (χ4v) is 7.57. The molecular weight excluding hydrogens is 515 g/mol. The van der Waals surface area contributed by atoms with Gasteiger partial charge in [-0.2, -0.15) is 0 Å². The zero-order valence-corrected chi connectivity index (χ0v) is 24.7. The van der Waals surface area contributed by atoms with Crippen LogP contribution in [0.25, 0.3) is 38.6 Å². The van der Waals surface area contributed by atoms with Gasteiger partial charge in [-0.15, -0.1) is 0 Å². The van der Waals surface area contributed by atoms with E-state index in [2.05, 4.69) is 126 Å². The average Bonchev–Trinajstić information content (AvgIpc) is 3.66. The monoisotopic (exact) mass is 548 g/mol. The van der Waals surface area contributed by atoms with Gasteiger partial charge in [0.05, 0.1) is 16.6 Å². The van der Waals surface area contributed by atoms with Crippen molar-refractivity contribution in [1.29, 1.82) is 0 Å². The van der Waals surface area contributed by atoms with E-state index in [9.17, 15) is 0 Å².